The van der Waals surface area contributed by atoms with Gasteiger partial charge in [0, 0.05) is 5.56 Å². The third-order valence-corrected chi connectivity index (χ3v) is 7.26. The Morgan fingerprint density at radius 3 is 2.03 bits per heavy atom. The van der Waals surface area contributed by atoms with Gasteiger partial charge in [-0.15, -0.1) is 0 Å². The Hall–Kier alpha value is -2.80. The molecule has 158 valence electrons. The highest BCUT2D eigenvalue weighted by atomic mass is 16.5. The van der Waals surface area contributed by atoms with Gasteiger partial charge >= 0.3 is 5.97 Å². The van der Waals surface area contributed by atoms with E-state index in [1.54, 1.807) is 12.1 Å². The lowest BCUT2D eigenvalue weighted by atomic mass is 9.84. The van der Waals surface area contributed by atoms with Crippen LogP contribution in [0.4, 0.5) is 0 Å². The number of hydrogen-bond acceptors (Lipinski definition) is 4. The molecular weight excluding hydrogens is 374 g/mol. The van der Waals surface area contributed by atoms with Crippen molar-refractivity contribution < 1.29 is 14.3 Å². The second-order valence-electron chi connectivity index (χ2n) is 8.09. The summed E-state index contributed by atoms with van der Waals surface area (Å²) in [4.78, 5) is 13.2. The molecule has 2 aromatic rings. The summed E-state index contributed by atoms with van der Waals surface area (Å²) >= 11 is 0. The van der Waals surface area contributed by atoms with Crippen molar-refractivity contribution in [2.45, 2.75) is 59.5 Å². The molecule has 0 radical (unpaired) electrons. The molecule has 0 heterocycles. The van der Waals surface area contributed by atoms with Gasteiger partial charge in [0.1, 0.15) is 17.6 Å². The average molecular weight is 406 g/mol. The number of ether oxygens (including phenoxy) is 2. The van der Waals surface area contributed by atoms with Gasteiger partial charge in [-0.3, -0.25) is 4.79 Å². The van der Waals surface area contributed by atoms with Crippen LogP contribution in [0.15, 0.2) is 54.6 Å². The molecule has 1 aliphatic rings. The molecule has 1 fully saturated rings. The van der Waals surface area contributed by atoms with Crippen molar-refractivity contribution >= 4 is 5.97 Å². The summed E-state index contributed by atoms with van der Waals surface area (Å²) in [5.41, 5.74) is 0.578. The number of benzene rings is 2. The minimum absolute atomic E-state index is 0.0220. The van der Waals surface area contributed by atoms with Gasteiger partial charge in [0.15, 0.2) is 0 Å². The Bertz CT molecular complexity index is 889. The number of nitrogens with zero attached hydrogens (tertiary/aromatic N) is 1. The number of esters is 1. The van der Waals surface area contributed by atoms with Crippen molar-refractivity contribution in [3.05, 3.63) is 60.2 Å². The zero-order valence-electron chi connectivity index (χ0n) is 18.4. The molecule has 0 amide bonds. The van der Waals surface area contributed by atoms with Crippen molar-refractivity contribution in [3.8, 4) is 17.6 Å². The summed E-state index contributed by atoms with van der Waals surface area (Å²) in [6, 6.07) is 18.8. The first-order valence-electron chi connectivity index (χ1n) is 10.9. The molecule has 1 unspecified atom stereocenters. The second-order valence-corrected chi connectivity index (χ2v) is 8.09. The largest absolute Gasteiger partial charge is 0.457 e. The number of nitriles is 1. The lowest BCUT2D eigenvalue weighted by Gasteiger charge is -2.20. The van der Waals surface area contributed by atoms with Crippen LogP contribution in [-0.4, -0.2) is 5.97 Å². The summed E-state index contributed by atoms with van der Waals surface area (Å²) in [5.74, 6) is 0.928. The Labute approximate surface area is 179 Å². The van der Waals surface area contributed by atoms with Crippen LogP contribution in [0.1, 0.15) is 65.0 Å². The normalized spacial score (nSPS) is 17.6. The van der Waals surface area contributed by atoms with Gasteiger partial charge in [0.05, 0.1) is 5.92 Å². The fourth-order valence-electron chi connectivity index (χ4n) is 5.63. The van der Waals surface area contributed by atoms with E-state index in [0.717, 1.165) is 25.7 Å². The van der Waals surface area contributed by atoms with Crippen LogP contribution in [0.5, 0.6) is 11.5 Å². The molecule has 0 saturated heterocycles. The van der Waals surface area contributed by atoms with E-state index in [1.807, 2.05) is 42.5 Å². The summed E-state index contributed by atoms with van der Waals surface area (Å²) in [7, 11) is 0. The van der Waals surface area contributed by atoms with Crippen LogP contribution in [-0.2, 0) is 9.53 Å². The van der Waals surface area contributed by atoms with E-state index < -0.39 is 6.10 Å². The van der Waals surface area contributed by atoms with Gasteiger partial charge in [0.25, 0.3) is 0 Å². The molecule has 1 saturated carbocycles. The van der Waals surface area contributed by atoms with E-state index in [4.69, 9.17) is 9.47 Å². The fourth-order valence-corrected chi connectivity index (χ4v) is 5.63. The molecule has 0 bridgehead atoms. The quantitative estimate of drug-likeness (QED) is 0.429. The Morgan fingerprint density at radius 1 is 0.933 bits per heavy atom. The van der Waals surface area contributed by atoms with Gasteiger partial charge < -0.3 is 9.47 Å². The van der Waals surface area contributed by atoms with E-state index in [0.29, 0.717) is 17.1 Å². The topological polar surface area (TPSA) is 59.3 Å². The maximum absolute atomic E-state index is 13.2. The Morgan fingerprint density at radius 2 is 1.50 bits per heavy atom. The van der Waals surface area contributed by atoms with Gasteiger partial charge in [-0.25, -0.2) is 0 Å². The van der Waals surface area contributed by atoms with E-state index >= 15 is 0 Å². The van der Waals surface area contributed by atoms with Gasteiger partial charge in [-0.2, -0.15) is 5.26 Å². The zero-order valence-corrected chi connectivity index (χ0v) is 18.4. The van der Waals surface area contributed by atoms with Crippen LogP contribution in [0, 0.1) is 28.1 Å². The third-order valence-electron chi connectivity index (χ3n) is 7.26. The SMILES string of the molecule is CCC1(CC)C(C(=O)OC(C#N)c2cccc(Oc3ccccc3)c2)C1(CC)CC. The second kappa shape index (κ2) is 8.92. The highest BCUT2D eigenvalue weighted by Gasteiger charge is 2.75. The minimum atomic E-state index is -0.949. The predicted octanol–water partition coefficient (Wildman–Crippen LogP) is 6.83. The Balaban J connectivity index is 1.78. The molecule has 0 aromatic heterocycles. The standard InChI is InChI=1S/C26H31NO3/c1-5-25(6-2)23(26(25,7-3)8-4)24(28)30-22(18-27)19-13-12-16-21(17-19)29-20-14-10-9-11-15-20/h9-17,22-23H,5-8H2,1-4H3. The van der Waals surface area contributed by atoms with Crippen molar-refractivity contribution in [1.29, 1.82) is 5.26 Å². The highest BCUT2D eigenvalue weighted by Crippen LogP contribution is 2.76. The van der Waals surface area contributed by atoms with E-state index in [1.165, 1.54) is 0 Å². The van der Waals surface area contributed by atoms with Crippen molar-refractivity contribution in [3.63, 3.8) is 0 Å². The Kier molecular flexibility index (Phi) is 6.51. The first-order valence-corrected chi connectivity index (χ1v) is 10.9. The molecular formula is C26H31NO3. The molecule has 0 spiro atoms. The molecule has 1 atom stereocenters. The van der Waals surface area contributed by atoms with Crippen molar-refractivity contribution in [2.75, 3.05) is 0 Å². The summed E-state index contributed by atoms with van der Waals surface area (Å²) in [6.45, 7) is 8.62. The van der Waals surface area contributed by atoms with Gasteiger partial charge in [-0.1, -0.05) is 58.0 Å². The maximum atomic E-state index is 13.2. The number of carbonyl (C=O) groups excluding carboxylic acids is 1. The monoisotopic (exact) mass is 405 g/mol. The van der Waals surface area contributed by atoms with Gasteiger partial charge in [0.2, 0.25) is 6.10 Å². The highest BCUT2D eigenvalue weighted by molar-refractivity contribution is 5.80. The first-order chi connectivity index (χ1) is 14.5. The van der Waals surface area contributed by atoms with Gasteiger partial charge in [-0.05, 0) is 60.8 Å². The summed E-state index contributed by atoms with van der Waals surface area (Å²) in [5, 5.41) is 9.73. The number of rotatable bonds is 9. The van der Waals surface area contributed by atoms with Crippen LogP contribution < -0.4 is 4.74 Å². The third kappa shape index (κ3) is 3.58. The number of carbonyl (C=O) groups is 1. The van der Waals surface area contributed by atoms with Crippen LogP contribution in [0.25, 0.3) is 0 Å². The van der Waals surface area contributed by atoms with E-state index in [-0.39, 0.29) is 22.7 Å². The number of para-hydroxylation sites is 1. The van der Waals surface area contributed by atoms with Crippen LogP contribution >= 0.6 is 0 Å². The molecule has 0 N–H and O–H groups in total. The molecule has 3 rings (SSSR count). The molecule has 1 aliphatic carbocycles. The minimum Gasteiger partial charge on any atom is -0.457 e. The molecule has 4 nitrogen and oxygen atoms in total. The maximum Gasteiger partial charge on any atom is 0.311 e. The first kappa shape index (κ1) is 21.9. The van der Waals surface area contributed by atoms with Crippen molar-refractivity contribution in [2.24, 2.45) is 16.7 Å². The predicted molar refractivity (Wildman–Crippen MR) is 117 cm³/mol. The number of hydrogen-bond donors (Lipinski definition) is 0. The lowest BCUT2D eigenvalue weighted by molar-refractivity contribution is -0.150. The van der Waals surface area contributed by atoms with Crippen molar-refractivity contribution in [1.82, 2.24) is 0 Å². The molecule has 30 heavy (non-hydrogen) atoms. The lowest BCUT2D eigenvalue weighted by Crippen LogP contribution is -2.16. The van der Waals surface area contributed by atoms with Crippen LogP contribution in [0.2, 0.25) is 0 Å². The smallest absolute Gasteiger partial charge is 0.311 e. The average Bonchev–Trinajstić information content (AvgIpc) is 3.41. The van der Waals surface area contributed by atoms with Crippen LogP contribution in [0.3, 0.4) is 0 Å². The zero-order chi connectivity index (χ0) is 21.8. The fraction of sp³-hybridized carbons (Fsp3) is 0.462. The molecule has 4 heteroatoms. The summed E-state index contributed by atoms with van der Waals surface area (Å²) in [6.07, 6.45) is 2.84. The molecule has 0 aliphatic heterocycles. The van der Waals surface area contributed by atoms with E-state index in [2.05, 4.69) is 33.8 Å². The molecule has 2 aromatic carbocycles. The van der Waals surface area contributed by atoms with E-state index in [9.17, 15) is 10.1 Å². The summed E-state index contributed by atoms with van der Waals surface area (Å²) < 4.78 is 11.6.